The molecule has 0 spiro atoms. The van der Waals surface area contributed by atoms with Gasteiger partial charge in [0.15, 0.2) is 0 Å². The predicted octanol–water partition coefficient (Wildman–Crippen LogP) is 7.45. The van der Waals surface area contributed by atoms with Gasteiger partial charge in [0, 0.05) is 22.7 Å². The molecule has 4 nitrogen and oxygen atoms in total. The number of rotatable bonds is 9. The van der Waals surface area contributed by atoms with Crippen molar-refractivity contribution in [3.8, 4) is 5.75 Å². The zero-order valence-corrected chi connectivity index (χ0v) is 19.4. The third-order valence-electron chi connectivity index (χ3n) is 4.66. The molecule has 2 aromatic rings. The van der Waals surface area contributed by atoms with Gasteiger partial charge in [-0.1, -0.05) is 24.2 Å². The molecule has 0 heterocycles. The highest BCUT2D eigenvalue weighted by Crippen LogP contribution is 2.26. The molecule has 184 valence electrons. The molecule has 0 saturated heterocycles. The number of nitrogens with zero attached hydrogens (tertiary/aromatic N) is 1. The third-order valence-corrected chi connectivity index (χ3v) is 4.99. The second kappa shape index (κ2) is 11.5. The van der Waals surface area contributed by atoms with E-state index in [4.69, 9.17) is 16.3 Å². The molecule has 2 aromatic carbocycles. The molecule has 0 radical (unpaired) electrons. The fourth-order valence-corrected chi connectivity index (χ4v) is 3.07. The number of benzene rings is 2. The molecule has 0 atom stereocenters. The van der Waals surface area contributed by atoms with E-state index in [1.165, 1.54) is 12.1 Å². The summed E-state index contributed by atoms with van der Waals surface area (Å²) in [5.74, 6) is -2.54. The number of ether oxygens (including phenoxy) is 1. The number of hydrogen-bond donors (Lipinski definition) is 1. The number of hydrogen-bond acceptors (Lipinski definition) is 2. The van der Waals surface area contributed by atoms with Gasteiger partial charge in [-0.3, -0.25) is 0 Å². The van der Waals surface area contributed by atoms with Crippen molar-refractivity contribution in [3.05, 3.63) is 70.8 Å². The number of aryl methyl sites for hydroxylation is 1. The van der Waals surface area contributed by atoms with Crippen molar-refractivity contribution in [2.75, 3.05) is 6.61 Å². The Morgan fingerprint density at radius 1 is 1.09 bits per heavy atom. The number of urea groups is 1. The van der Waals surface area contributed by atoms with Gasteiger partial charge in [0.1, 0.15) is 5.75 Å². The molecular formula is C24H24ClF5N2O2. The van der Waals surface area contributed by atoms with Gasteiger partial charge in [0.05, 0.1) is 18.7 Å². The maximum Gasteiger partial charge on any atom is 0.392 e. The summed E-state index contributed by atoms with van der Waals surface area (Å²) in [7, 11) is 0. The zero-order valence-electron chi connectivity index (χ0n) is 18.6. The molecule has 1 N–H and O–H groups in total. The second-order valence-corrected chi connectivity index (χ2v) is 8.14. The third kappa shape index (κ3) is 9.51. The summed E-state index contributed by atoms with van der Waals surface area (Å²) >= 11 is 6.17. The fourth-order valence-electron chi connectivity index (χ4n) is 2.84. The van der Waals surface area contributed by atoms with E-state index in [-0.39, 0.29) is 24.3 Å². The molecule has 0 aliphatic rings. The second-order valence-electron chi connectivity index (χ2n) is 7.73. The first-order chi connectivity index (χ1) is 15.7. The van der Waals surface area contributed by atoms with E-state index in [0.717, 1.165) is 6.92 Å². The molecule has 0 saturated carbocycles. The molecule has 0 bridgehead atoms. The van der Waals surface area contributed by atoms with Crippen molar-refractivity contribution in [1.29, 1.82) is 0 Å². The highest BCUT2D eigenvalue weighted by molar-refractivity contribution is 6.32. The molecule has 2 amide bonds. The van der Waals surface area contributed by atoms with Crippen LogP contribution in [0.2, 0.25) is 5.02 Å². The van der Waals surface area contributed by atoms with E-state index in [1.807, 2.05) is 0 Å². The molecule has 10 heteroatoms. The summed E-state index contributed by atoms with van der Waals surface area (Å²) in [6.07, 6.45) is -5.56. The van der Waals surface area contributed by atoms with E-state index in [9.17, 15) is 26.7 Å². The first-order valence-corrected chi connectivity index (χ1v) is 10.6. The molecule has 0 unspecified atom stereocenters. The van der Waals surface area contributed by atoms with Crippen LogP contribution in [0.1, 0.15) is 43.4 Å². The van der Waals surface area contributed by atoms with E-state index < -0.39 is 31.2 Å². The molecular weight excluding hydrogens is 479 g/mol. The van der Waals surface area contributed by atoms with Gasteiger partial charge in [0.2, 0.25) is 5.92 Å². The largest absolute Gasteiger partial charge is 0.493 e. The minimum absolute atomic E-state index is 0.127. The number of aliphatic imine (C=N–C) groups is 1. The normalized spacial score (nSPS) is 12.4. The van der Waals surface area contributed by atoms with Crippen LogP contribution in [0.4, 0.5) is 26.7 Å². The van der Waals surface area contributed by atoms with Crippen LogP contribution >= 0.6 is 11.6 Å². The first-order valence-electron chi connectivity index (χ1n) is 10.3. The highest BCUT2D eigenvalue weighted by atomic mass is 35.5. The number of carbonyl (C=O) groups excluding carboxylic acids is 1. The SMILES string of the molecule is C=C(NC(=O)N=C(C)c1ccc(OCCC(F)(F)F)cc1)c1cc(CCC(C)(F)F)ccc1Cl. The van der Waals surface area contributed by atoms with Gasteiger partial charge in [-0.05, 0) is 67.8 Å². The zero-order chi connectivity index (χ0) is 25.5. The van der Waals surface area contributed by atoms with Crippen LogP contribution in [0.3, 0.4) is 0 Å². The van der Waals surface area contributed by atoms with Gasteiger partial charge >= 0.3 is 12.2 Å². The maximum atomic E-state index is 13.1. The first kappa shape index (κ1) is 27.3. The fraction of sp³-hybridized carbons (Fsp3) is 0.333. The van der Waals surface area contributed by atoms with Crippen molar-refractivity contribution < 1.29 is 31.5 Å². The van der Waals surface area contributed by atoms with Gasteiger partial charge in [-0.25, -0.2) is 13.6 Å². The van der Waals surface area contributed by atoms with Gasteiger partial charge in [-0.15, -0.1) is 0 Å². The predicted molar refractivity (Wildman–Crippen MR) is 123 cm³/mol. The van der Waals surface area contributed by atoms with Gasteiger partial charge in [-0.2, -0.15) is 18.2 Å². The summed E-state index contributed by atoms with van der Waals surface area (Å²) in [5, 5.41) is 2.80. The lowest BCUT2D eigenvalue weighted by molar-refractivity contribution is -0.139. The van der Waals surface area contributed by atoms with Crippen LogP contribution in [0.15, 0.2) is 54.0 Å². The van der Waals surface area contributed by atoms with Crippen LogP contribution in [0, 0.1) is 0 Å². The average molecular weight is 503 g/mol. The van der Waals surface area contributed by atoms with Crippen molar-refractivity contribution in [1.82, 2.24) is 5.32 Å². The number of amides is 2. The Kier molecular flexibility index (Phi) is 9.21. The average Bonchev–Trinajstić information content (AvgIpc) is 2.72. The van der Waals surface area contributed by atoms with Crippen LogP contribution in [0.5, 0.6) is 5.75 Å². The standard InChI is InChI=1S/C24H24ClF5N2O2/c1-15(18-5-7-19(8-6-18)34-13-12-24(28,29)30)31-22(33)32-16(2)20-14-17(4-9-21(20)25)10-11-23(3,26)27/h4-9,14H,2,10-13H2,1,3H3,(H,32,33). The van der Waals surface area contributed by atoms with Crippen molar-refractivity contribution in [3.63, 3.8) is 0 Å². The van der Waals surface area contributed by atoms with E-state index in [0.29, 0.717) is 27.4 Å². The van der Waals surface area contributed by atoms with Crippen LogP contribution in [-0.4, -0.2) is 30.4 Å². The molecule has 0 aliphatic carbocycles. The highest BCUT2D eigenvalue weighted by Gasteiger charge is 2.26. The number of nitrogens with one attached hydrogen (secondary N) is 1. The maximum absolute atomic E-state index is 13.1. The minimum atomic E-state index is -4.30. The Balaban J connectivity index is 2.00. The molecule has 0 aliphatic heterocycles. The molecule has 2 rings (SSSR count). The lowest BCUT2D eigenvalue weighted by Gasteiger charge is -2.13. The Labute approximate surface area is 199 Å². The number of carbonyl (C=O) groups is 1. The Bertz CT molecular complexity index is 1040. The Morgan fingerprint density at radius 2 is 1.74 bits per heavy atom. The Morgan fingerprint density at radius 3 is 2.32 bits per heavy atom. The topological polar surface area (TPSA) is 50.7 Å². The van der Waals surface area contributed by atoms with Gasteiger partial charge in [0.25, 0.3) is 0 Å². The summed E-state index contributed by atoms with van der Waals surface area (Å²) in [4.78, 5) is 16.3. The Hall–Kier alpha value is -2.94. The monoisotopic (exact) mass is 502 g/mol. The lowest BCUT2D eigenvalue weighted by atomic mass is 10.0. The van der Waals surface area contributed by atoms with Crippen molar-refractivity contribution >= 4 is 29.0 Å². The van der Waals surface area contributed by atoms with Crippen molar-refractivity contribution in [2.45, 2.75) is 45.2 Å². The smallest absolute Gasteiger partial charge is 0.392 e. The summed E-state index contributed by atoms with van der Waals surface area (Å²) in [5.41, 5.74) is 2.07. The quantitative estimate of drug-likeness (QED) is 0.286. The van der Waals surface area contributed by atoms with E-state index >= 15 is 0 Å². The summed E-state index contributed by atoms with van der Waals surface area (Å²) < 4.78 is 67.9. The minimum Gasteiger partial charge on any atom is -0.493 e. The van der Waals surface area contributed by atoms with Gasteiger partial charge < -0.3 is 10.1 Å². The summed E-state index contributed by atoms with van der Waals surface area (Å²) in [6.45, 7) is 5.72. The van der Waals surface area contributed by atoms with E-state index in [1.54, 1.807) is 37.3 Å². The lowest BCUT2D eigenvalue weighted by Crippen LogP contribution is -2.19. The molecule has 0 aromatic heterocycles. The number of alkyl halides is 5. The number of halogens is 6. The molecule has 34 heavy (non-hydrogen) atoms. The van der Waals surface area contributed by atoms with Crippen LogP contribution in [0.25, 0.3) is 5.70 Å². The summed E-state index contributed by atoms with van der Waals surface area (Å²) in [6, 6.07) is 10.1. The van der Waals surface area contributed by atoms with Crippen molar-refractivity contribution in [2.24, 2.45) is 4.99 Å². The van der Waals surface area contributed by atoms with Crippen LogP contribution < -0.4 is 10.1 Å². The molecule has 0 fully saturated rings. The van der Waals surface area contributed by atoms with Crippen LogP contribution in [-0.2, 0) is 6.42 Å². The van der Waals surface area contributed by atoms with E-state index in [2.05, 4.69) is 16.9 Å².